The highest BCUT2D eigenvalue weighted by atomic mass is 32.2. The molecule has 2 N–H and O–H groups in total. The predicted octanol–water partition coefficient (Wildman–Crippen LogP) is 2.72. The molecule has 0 amide bonds. The fourth-order valence-electron chi connectivity index (χ4n) is 2.60. The van der Waals surface area contributed by atoms with Crippen molar-refractivity contribution < 1.29 is 8.60 Å². The van der Waals surface area contributed by atoms with Crippen molar-refractivity contribution in [2.45, 2.75) is 38.0 Å². The van der Waals surface area contributed by atoms with Crippen LogP contribution in [0.15, 0.2) is 18.2 Å². The Bertz CT molecular complexity index is 430. The Morgan fingerprint density at radius 3 is 2.56 bits per heavy atom. The van der Waals surface area contributed by atoms with E-state index in [1.807, 2.05) is 6.07 Å². The van der Waals surface area contributed by atoms with E-state index in [4.69, 9.17) is 5.73 Å². The van der Waals surface area contributed by atoms with Gasteiger partial charge < -0.3 is 5.73 Å². The summed E-state index contributed by atoms with van der Waals surface area (Å²) in [6, 6.07) is 4.75. The third-order valence-corrected chi connectivity index (χ3v) is 4.98. The van der Waals surface area contributed by atoms with Gasteiger partial charge in [0.15, 0.2) is 0 Å². The molecule has 1 unspecified atom stereocenters. The molecular weight excluding hydrogens is 249 g/mol. The summed E-state index contributed by atoms with van der Waals surface area (Å²) < 4.78 is 25.4. The van der Waals surface area contributed by atoms with Crippen LogP contribution in [0.25, 0.3) is 0 Å². The van der Waals surface area contributed by atoms with E-state index in [1.54, 1.807) is 0 Å². The maximum Gasteiger partial charge on any atom is 0.123 e. The van der Waals surface area contributed by atoms with Gasteiger partial charge in [-0.15, -0.1) is 0 Å². The van der Waals surface area contributed by atoms with Gasteiger partial charge in [-0.3, -0.25) is 4.21 Å². The molecule has 1 aliphatic rings. The Hall–Kier alpha value is -0.740. The van der Waals surface area contributed by atoms with E-state index in [9.17, 15) is 8.60 Å². The largest absolute Gasteiger partial charge is 0.326 e. The summed E-state index contributed by atoms with van der Waals surface area (Å²) in [5.74, 6) is 1.52. The number of nitrogens with two attached hydrogens (primary N) is 1. The van der Waals surface area contributed by atoms with Crippen LogP contribution < -0.4 is 5.73 Å². The second-order valence-corrected chi connectivity index (χ2v) is 6.57. The predicted molar refractivity (Wildman–Crippen MR) is 73.0 cm³/mol. The molecule has 1 saturated carbocycles. The summed E-state index contributed by atoms with van der Waals surface area (Å²) in [7, 11) is -0.887. The lowest BCUT2D eigenvalue weighted by Crippen LogP contribution is -2.10. The first kappa shape index (κ1) is 13.7. The van der Waals surface area contributed by atoms with Crippen molar-refractivity contribution >= 4 is 10.8 Å². The first-order valence-electron chi connectivity index (χ1n) is 6.51. The van der Waals surface area contributed by atoms with Crippen LogP contribution in [0, 0.1) is 11.7 Å². The molecule has 2 nitrogen and oxygen atoms in total. The first-order chi connectivity index (χ1) is 8.67. The molecule has 1 fully saturated rings. The van der Waals surface area contributed by atoms with E-state index in [0.717, 1.165) is 16.9 Å². The minimum Gasteiger partial charge on any atom is -0.326 e. The van der Waals surface area contributed by atoms with Crippen molar-refractivity contribution in [2.24, 2.45) is 11.7 Å². The molecule has 1 aliphatic carbocycles. The van der Waals surface area contributed by atoms with Gasteiger partial charge in [-0.2, -0.15) is 0 Å². The average molecular weight is 269 g/mol. The van der Waals surface area contributed by atoms with Gasteiger partial charge >= 0.3 is 0 Å². The standard InChI is InChI=1S/C14H20FNOS/c15-14-6-12(8-16)5-13(7-14)10-18(17)9-11-3-1-2-4-11/h5-7,11H,1-4,8-10,16H2. The van der Waals surface area contributed by atoms with Gasteiger partial charge in [-0.05, 0) is 42.0 Å². The quantitative estimate of drug-likeness (QED) is 0.893. The summed E-state index contributed by atoms with van der Waals surface area (Å²) in [5, 5.41) is 0. The van der Waals surface area contributed by atoms with Crippen molar-refractivity contribution in [3.63, 3.8) is 0 Å². The van der Waals surface area contributed by atoms with Crippen molar-refractivity contribution in [1.82, 2.24) is 0 Å². The topological polar surface area (TPSA) is 43.1 Å². The van der Waals surface area contributed by atoms with Gasteiger partial charge in [0.05, 0.1) is 0 Å². The second kappa shape index (κ2) is 6.43. The Balaban J connectivity index is 1.95. The molecule has 1 aromatic rings. The maximum absolute atomic E-state index is 13.3. The molecule has 0 bridgehead atoms. The van der Waals surface area contributed by atoms with Crippen molar-refractivity contribution in [3.8, 4) is 0 Å². The molecular formula is C14H20FNOS. The lowest BCUT2D eigenvalue weighted by atomic mass is 10.1. The SMILES string of the molecule is NCc1cc(F)cc(CS(=O)CC2CCCC2)c1. The third-order valence-electron chi connectivity index (χ3n) is 3.48. The fraction of sp³-hybridized carbons (Fsp3) is 0.571. The lowest BCUT2D eigenvalue weighted by molar-refractivity contribution is 0.604. The lowest BCUT2D eigenvalue weighted by Gasteiger charge is -2.09. The molecule has 1 atom stereocenters. The van der Waals surface area contributed by atoms with E-state index in [1.165, 1.54) is 37.8 Å². The van der Waals surface area contributed by atoms with Crippen LogP contribution in [0.3, 0.4) is 0 Å². The van der Waals surface area contributed by atoms with Gasteiger partial charge in [-0.1, -0.05) is 18.9 Å². The molecule has 100 valence electrons. The van der Waals surface area contributed by atoms with E-state index < -0.39 is 10.8 Å². The molecule has 2 rings (SSSR count). The number of hydrogen-bond donors (Lipinski definition) is 1. The van der Waals surface area contributed by atoms with Gasteiger partial charge in [0.25, 0.3) is 0 Å². The molecule has 0 aliphatic heterocycles. The molecule has 0 heterocycles. The van der Waals surface area contributed by atoms with Crippen LogP contribution in [0.4, 0.5) is 4.39 Å². The summed E-state index contributed by atoms with van der Waals surface area (Å²) in [6.45, 7) is 0.319. The molecule has 0 radical (unpaired) electrons. The van der Waals surface area contributed by atoms with Crippen molar-refractivity contribution in [2.75, 3.05) is 5.75 Å². The van der Waals surface area contributed by atoms with Crippen LogP contribution in [-0.4, -0.2) is 9.96 Å². The zero-order chi connectivity index (χ0) is 13.0. The highest BCUT2D eigenvalue weighted by Crippen LogP contribution is 2.26. The fourth-order valence-corrected chi connectivity index (χ4v) is 4.12. The Morgan fingerprint density at radius 1 is 1.22 bits per heavy atom. The Kier molecular flexibility index (Phi) is 4.89. The van der Waals surface area contributed by atoms with Gasteiger partial charge in [0.1, 0.15) is 5.82 Å². The Labute approximate surface area is 110 Å². The van der Waals surface area contributed by atoms with Gasteiger partial charge in [0.2, 0.25) is 0 Å². The number of benzene rings is 1. The van der Waals surface area contributed by atoms with E-state index in [-0.39, 0.29) is 5.82 Å². The minimum atomic E-state index is -0.887. The minimum absolute atomic E-state index is 0.286. The molecule has 0 spiro atoms. The van der Waals surface area contributed by atoms with Crippen molar-refractivity contribution in [1.29, 1.82) is 0 Å². The van der Waals surface area contributed by atoms with Crippen LogP contribution >= 0.6 is 0 Å². The van der Waals surface area contributed by atoms with Gasteiger partial charge in [0, 0.05) is 28.9 Å². The molecule has 0 aromatic heterocycles. The third kappa shape index (κ3) is 3.89. The summed E-state index contributed by atoms with van der Waals surface area (Å²) in [5.41, 5.74) is 7.07. The van der Waals surface area contributed by atoms with Crippen LogP contribution in [0.1, 0.15) is 36.8 Å². The summed E-state index contributed by atoms with van der Waals surface area (Å²) >= 11 is 0. The molecule has 4 heteroatoms. The zero-order valence-corrected chi connectivity index (χ0v) is 11.3. The summed E-state index contributed by atoms with van der Waals surface area (Å²) in [4.78, 5) is 0. The highest BCUT2D eigenvalue weighted by Gasteiger charge is 2.17. The number of halogens is 1. The number of hydrogen-bond acceptors (Lipinski definition) is 2. The highest BCUT2D eigenvalue weighted by molar-refractivity contribution is 7.84. The second-order valence-electron chi connectivity index (χ2n) is 5.07. The van der Waals surface area contributed by atoms with E-state index in [2.05, 4.69) is 0 Å². The van der Waals surface area contributed by atoms with Gasteiger partial charge in [-0.25, -0.2) is 4.39 Å². The van der Waals surface area contributed by atoms with Crippen molar-refractivity contribution in [3.05, 3.63) is 35.1 Å². The first-order valence-corrected chi connectivity index (χ1v) is 7.99. The van der Waals surface area contributed by atoms with Crippen LogP contribution in [0.5, 0.6) is 0 Å². The van der Waals surface area contributed by atoms with Crippen LogP contribution in [-0.2, 0) is 23.1 Å². The average Bonchev–Trinajstić information content (AvgIpc) is 2.80. The summed E-state index contributed by atoms with van der Waals surface area (Å²) in [6.07, 6.45) is 4.92. The smallest absolute Gasteiger partial charge is 0.123 e. The van der Waals surface area contributed by atoms with E-state index >= 15 is 0 Å². The monoisotopic (exact) mass is 269 g/mol. The molecule has 1 aromatic carbocycles. The van der Waals surface area contributed by atoms with E-state index in [0.29, 0.717) is 18.2 Å². The molecule has 18 heavy (non-hydrogen) atoms. The van der Waals surface area contributed by atoms with Crippen LogP contribution in [0.2, 0.25) is 0 Å². The Morgan fingerprint density at radius 2 is 1.89 bits per heavy atom. The number of rotatable bonds is 5. The zero-order valence-electron chi connectivity index (χ0n) is 10.5. The maximum atomic E-state index is 13.3. The normalized spacial score (nSPS) is 18.1. The molecule has 0 saturated heterocycles.